The second-order valence-corrected chi connectivity index (χ2v) is 15.6. The van der Waals surface area contributed by atoms with Gasteiger partial charge in [0.2, 0.25) is 12.9 Å². The summed E-state index contributed by atoms with van der Waals surface area (Å²) in [6.07, 6.45) is 2.75. The van der Waals surface area contributed by atoms with Crippen molar-refractivity contribution in [1.29, 1.82) is 0 Å². The smallest absolute Gasteiger partial charge is 0.411 e. The summed E-state index contributed by atoms with van der Waals surface area (Å²) in [6, 6.07) is 12.7. The number of methoxy groups -OCH3 is 2. The number of carbonyl (C=O) groups excluding carboxylic acids is 2. The Morgan fingerprint density at radius 3 is 2.52 bits per heavy atom. The van der Waals surface area contributed by atoms with Gasteiger partial charge in [0.15, 0.2) is 11.5 Å². The van der Waals surface area contributed by atoms with Gasteiger partial charge in [-0.15, -0.1) is 0 Å². The number of aromatic amines is 1. The number of pyridine rings is 1. The van der Waals surface area contributed by atoms with E-state index in [0.29, 0.717) is 53.7 Å². The summed E-state index contributed by atoms with van der Waals surface area (Å²) >= 11 is 1.36. The molecule has 1 aromatic heterocycles. The Labute approximate surface area is 277 Å². The third-order valence-corrected chi connectivity index (χ3v) is 10.4. The minimum absolute atomic E-state index is 0.0281. The van der Waals surface area contributed by atoms with Gasteiger partial charge in [0.25, 0.3) is 5.56 Å². The normalized spacial score (nSPS) is 15.4. The van der Waals surface area contributed by atoms with E-state index in [1.807, 2.05) is 13.0 Å². The molecule has 0 saturated carbocycles. The summed E-state index contributed by atoms with van der Waals surface area (Å²) in [7, 11) is -1.10. The number of aromatic hydroxyl groups is 1. The Morgan fingerprint density at radius 1 is 1.09 bits per heavy atom. The molecule has 4 aromatic rings. The molecule has 4 N–H and O–H groups in total. The number of nitrogens with zero attached hydrogens (tertiary/aromatic N) is 1. The number of halogens is 1. The van der Waals surface area contributed by atoms with Crippen LogP contribution in [0.1, 0.15) is 48.5 Å². The van der Waals surface area contributed by atoms with Gasteiger partial charge in [0.05, 0.1) is 46.4 Å². The van der Waals surface area contributed by atoms with Crippen molar-refractivity contribution in [1.82, 2.24) is 9.88 Å². The average molecular weight is 761 g/mol. The van der Waals surface area contributed by atoms with Crippen LogP contribution in [0.5, 0.6) is 11.5 Å². The van der Waals surface area contributed by atoms with Crippen LogP contribution >= 0.6 is 21.2 Å². The highest BCUT2D eigenvalue weighted by atomic mass is 127. The van der Waals surface area contributed by atoms with Crippen molar-refractivity contribution >= 4 is 62.4 Å². The number of phenols is 1. The molecule has 14 heteroatoms. The molecule has 2 amide bonds. The Balaban J connectivity index is 1.59. The number of ether oxygens (including phenoxy) is 2. The predicted octanol–water partition coefficient (Wildman–Crippen LogP) is 5.62. The number of nitrogens with one attached hydrogen (secondary N) is 3. The minimum atomic E-state index is -3.74. The number of aromatic nitrogens is 1. The number of H-pyrrole nitrogens is 1. The summed E-state index contributed by atoms with van der Waals surface area (Å²) in [5.41, 5.74) is 2.29. The molecule has 0 bridgehead atoms. The molecule has 0 spiro atoms. The fourth-order valence-electron chi connectivity index (χ4n) is 5.84. The average Bonchev–Trinajstić information content (AvgIpc) is 3.53. The van der Waals surface area contributed by atoms with Crippen LogP contribution in [0.15, 0.2) is 70.5 Å². The molecule has 3 aromatic carbocycles. The molecule has 5 rings (SSSR count). The van der Waals surface area contributed by atoms with Crippen LogP contribution in [0.2, 0.25) is 0 Å². The lowest BCUT2D eigenvalue weighted by Crippen LogP contribution is -2.38. The molecule has 2 heterocycles. The van der Waals surface area contributed by atoms with E-state index in [9.17, 15) is 27.9 Å². The lowest BCUT2D eigenvalue weighted by Gasteiger charge is -2.31. The first-order valence-electron chi connectivity index (χ1n) is 14.5. The molecule has 2 atom stereocenters. The summed E-state index contributed by atoms with van der Waals surface area (Å²) in [6.45, 7) is 2.32. The Kier molecular flexibility index (Phi) is 9.76. The van der Waals surface area contributed by atoms with E-state index in [1.165, 1.54) is 53.6 Å². The van der Waals surface area contributed by atoms with Crippen LogP contribution in [-0.4, -0.2) is 56.2 Å². The lowest BCUT2D eigenvalue weighted by atomic mass is 10.00. The van der Waals surface area contributed by atoms with E-state index in [1.54, 1.807) is 41.4 Å². The van der Waals surface area contributed by atoms with Crippen molar-refractivity contribution in [3.8, 4) is 11.5 Å². The third-order valence-electron chi connectivity index (χ3n) is 8.06. The van der Waals surface area contributed by atoms with E-state index in [0.717, 1.165) is 10.9 Å². The van der Waals surface area contributed by atoms with E-state index in [2.05, 4.69) is 15.6 Å². The SMILES string of the molecule is CCc1c[nH]c(=O)c2cc(N[C@@H](C(=O)N3CCC[C@@H]3c3cc(NC(=O)OC)ccc3S(=O)(=O)I)c3ccc(OC)c(O)c3)ccc12. The highest BCUT2D eigenvalue weighted by Crippen LogP contribution is 2.41. The largest absolute Gasteiger partial charge is 0.504 e. The molecule has 0 aliphatic carbocycles. The zero-order chi connectivity index (χ0) is 33.2. The van der Waals surface area contributed by atoms with E-state index in [4.69, 9.17) is 9.47 Å². The molecule has 1 aliphatic heterocycles. The lowest BCUT2D eigenvalue weighted by molar-refractivity contribution is -0.133. The minimum Gasteiger partial charge on any atom is -0.504 e. The number of likely N-dealkylation sites (tertiary alicyclic amines) is 1. The number of phenolic OH excluding ortho intramolecular Hbond substituents is 1. The van der Waals surface area contributed by atoms with Crippen LogP contribution < -0.4 is 20.9 Å². The number of amides is 2. The van der Waals surface area contributed by atoms with Gasteiger partial charge in [-0.05, 0) is 83.8 Å². The summed E-state index contributed by atoms with van der Waals surface area (Å²) in [5.74, 6) is -0.323. The van der Waals surface area contributed by atoms with Gasteiger partial charge < -0.3 is 29.8 Å². The van der Waals surface area contributed by atoms with Gasteiger partial charge in [-0.1, -0.05) is 19.1 Å². The Morgan fingerprint density at radius 2 is 1.85 bits per heavy atom. The Hall–Kier alpha value is -4.31. The number of benzene rings is 3. The topological polar surface area (TPSA) is 167 Å². The van der Waals surface area contributed by atoms with E-state index in [-0.39, 0.29) is 27.9 Å². The number of carbonyl (C=O) groups is 2. The summed E-state index contributed by atoms with van der Waals surface area (Å²) in [5, 5.41) is 17.7. The standard InChI is InChI=1S/C32H33IN4O8S/c1-4-18-17-34-30(39)23-15-20(8-10-22(18)23)35-29(19-7-11-27(44-2)26(38)14-19)31(40)37-13-5-6-25(37)24-16-21(36-32(41)45-3)9-12-28(24)46(33,42)43/h7-12,14-17,25,29,35,38H,4-6,13H2,1-3H3,(H,34,39)(H,36,41)/t25-,29-/m1/s1. The molecule has 46 heavy (non-hydrogen) atoms. The molecular formula is C32H33IN4O8S. The van der Waals surface area contributed by atoms with Crippen molar-refractivity contribution < 1.29 is 32.6 Å². The number of hydrogen-bond donors (Lipinski definition) is 4. The molecular weight excluding hydrogens is 727 g/mol. The van der Waals surface area contributed by atoms with Crippen molar-refractivity contribution in [3.05, 3.63) is 87.8 Å². The number of aryl methyl sites for hydroxylation is 1. The van der Waals surface area contributed by atoms with E-state index >= 15 is 0 Å². The van der Waals surface area contributed by atoms with Gasteiger partial charge in [0, 0.05) is 29.5 Å². The van der Waals surface area contributed by atoms with Crippen LogP contribution in [0.25, 0.3) is 10.8 Å². The number of rotatable bonds is 9. The van der Waals surface area contributed by atoms with Gasteiger partial charge in [-0.3, -0.25) is 14.9 Å². The summed E-state index contributed by atoms with van der Waals surface area (Å²) < 4.78 is 35.6. The van der Waals surface area contributed by atoms with Crippen molar-refractivity contribution in [3.63, 3.8) is 0 Å². The van der Waals surface area contributed by atoms with Crippen molar-refractivity contribution in [2.75, 3.05) is 31.4 Å². The highest BCUT2D eigenvalue weighted by molar-refractivity contribution is 14.2. The predicted molar refractivity (Wildman–Crippen MR) is 182 cm³/mol. The van der Waals surface area contributed by atoms with Crippen LogP contribution in [0, 0.1) is 0 Å². The first-order valence-corrected chi connectivity index (χ1v) is 18.5. The maximum Gasteiger partial charge on any atom is 0.411 e. The number of anilines is 2. The molecule has 1 aliphatic rings. The molecule has 1 fully saturated rings. The highest BCUT2D eigenvalue weighted by Gasteiger charge is 2.37. The van der Waals surface area contributed by atoms with Crippen molar-refractivity contribution in [2.24, 2.45) is 0 Å². The first kappa shape index (κ1) is 33.1. The fourth-order valence-corrected chi connectivity index (χ4v) is 7.75. The first-order chi connectivity index (χ1) is 21.9. The van der Waals surface area contributed by atoms with Gasteiger partial charge in [0.1, 0.15) is 6.04 Å². The van der Waals surface area contributed by atoms with Crippen LogP contribution in [-0.2, 0) is 23.0 Å². The third kappa shape index (κ3) is 6.77. The van der Waals surface area contributed by atoms with E-state index < -0.39 is 25.2 Å². The maximum atomic E-state index is 14.5. The molecule has 242 valence electrons. The fraction of sp³-hybridized carbons (Fsp3) is 0.281. The molecule has 12 nitrogen and oxygen atoms in total. The molecule has 0 radical (unpaired) electrons. The van der Waals surface area contributed by atoms with Crippen molar-refractivity contribution in [2.45, 2.75) is 43.2 Å². The second kappa shape index (κ2) is 13.6. The van der Waals surface area contributed by atoms with Crippen LogP contribution in [0.3, 0.4) is 0 Å². The van der Waals surface area contributed by atoms with Gasteiger partial charge in [-0.25, -0.2) is 13.2 Å². The quantitative estimate of drug-likeness (QED) is 0.125. The van der Waals surface area contributed by atoms with Gasteiger partial charge in [-0.2, -0.15) is 0 Å². The Bertz CT molecular complexity index is 1980. The molecule has 0 unspecified atom stereocenters. The van der Waals surface area contributed by atoms with Crippen LogP contribution in [0.4, 0.5) is 16.2 Å². The monoisotopic (exact) mass is 760 g/mol. The molecule has 1 saturated heterocycles. The second-order valence-electron chi connectivity index (χ2n) is 10.8. The maximum absolute atomic E-state index is 14.5. The number of hydrogen-bond acceptors (Lipinski definition) is 9. The zero-order valence-corrected chi connectivity index (χ0v) is 28.3. The zero-order valence-electron chi connectivity index (χ0n) is 25.3. The number of fused-ring (bicyclic) bond motifs is 1. The van der Waals surface area contributed by atoms with Gasteiger partial charge >= 0.3 is 6.09 Å². The summed E-state index contributed by atoms with van der Waals surface area (Å²) in [4.78, 5) is 43.6.